The summed E-state index contributed by atoms with van der Waals surface area (Å²) >= 11 is 0. The first-order valence-electron chi connectivity index (χ1n) is 8.14. The van der Waals surface area contributed by atoms with Gasteiger partial charge in [0, 0.05) is 13.2 Å². The van der Waals surface area contributed by atoms with E-state index in [9.17, 15) is 0 Å². The lowest BCUT2D eigenvalue weighted by molar-refractivity contribution is 0.185. The Morgan fingerprint density at radius 2 is 1.91 bits per heavy atom. The van der Waals surface area contributed by atoms with Gasteiger partial charge in [0.2, 0.25) is 0 Å². The molecule has 0 radical (unpaired) electrons. The minimum absolute atomic E-state index is 0. The van der Waals surface area contributed by atoms with Crippen molar-refractivity contribution in [3.8, 4) is 0 Å². The molecule has 1 atom stereocenters. The highest BCUT2D eigenvalue weighted by Crippen LogP contribution is 2.09. The second-order valence-electron chi connectivity index (χ2n) is 6.32. The zero-order valence-electron chi connectivity index (χ0n) is 14.8. The van der Waals surface area contributed by atoms with Crippen molar-refractivity contribution in [2.45, 2.75) is 59.2 Å². The van der Waals surface area contributed by atoms with Gasteiger partial charge in [0.25, 0.3) is 0 Å². The number of halogens is 1. The predicted molar refractivity (Wildman–Crippen MR) is 109 cm³/mol. The van der Waals surface area contributed by atoms with E-state index in [1.165, 1.54) is 12.8 Å². The summed E-state index contributed by atoms with van der Waals surface area (Å²) < 4.78 is 5.14. The predicted octanol–water partition coefficient (Wildman–Crippen LogP) is 4.07. The van der Waals surface area contributed by atoms with Crippen molar-refractivity contribution in [1.82, 2.24) is 5.32 Å². The third kappa shape index (κ3) is 10.5. The summed E-state index contributed by atoms with van der Waals surface area (Å²) in [5.41, 5.74) is 8.27. The fourth-order valence-electron chi connectivity index (χ4n) is 2.36. The van der Waals surface area contributed by atoms with E-state index in [-0.39, 0.29) is 24.0 Å². The van der Waals surface area contributed by atoms with Crippen molar-refractivity contribution in [3.05, 3.63) is 35.4 Å². The van der Waals surface area contributed by atoms with Crippen LogP contribution < -0.4 is 11.1 Å². The van der Waals surface area contributed by atoms with Crippen LogP contribution in [0.15, 0.2) is 29.3 Å². The molecule has 23 heavy (non-hydrogen) atoms. The minimum Gasteiger partial charge on any atom is -0.380 e. The Balaban J connectivity index is 0.00000484. The van der Waals surface area contributed by atoms with E-state index in [1.54, 1.807) is 7.11 Å². The maximum atomic E-state index is 5.96. The highest BCUT2D eigenvalue weighted by Gasteiger charge is 2.04. The summed E-state index contributed by atoms with van der Waals surface area (Å²) in [6, 6.07) is 8.60. The fraction of sp³-hybridized carbons (Fsp3) is 0.611. The summed E-state index contributed by atoms with van der Waals surface area (Å²) in [6.45, 7) is 7.88. The molecule has 132 valence electrons. The topological polar surface area (TPSA) is 59.6 Å². The molecule has 0 bridgehead atoms. The molecule has 0 aliphatic heterocycles. The van der Waals surface area contributed by atoms with E-state index in [4.69, 9.17) is 10.5 Å². The minimum atomic E-state index is 0. The molecule has 4 nitrogen and oxygen atoms in total. The molecule has 0 aliphatic carbocycles. The molecule has 1 rings (SSSR count). The molecule has 0 spiro atoms. The number of ether oxygens (including phenoxy) is 1. The maximum absolute atomic E-state index is 5.96. The van der Waals surface area contributed by atoms with E-state index in [0.717, 1.165) is 23.5 Å². The highest BCUT2D eigenvalue weighted by molar-refractivity contribution is 14.0. The number of hydrogen-bond acceptors (Lipinski definition) is 2. The van der Waals surface area contributed by atoms with Crippen molar-refractivity contribution < 1.29 is 4.74 Å². The van der Waals surface area contributed by atoms with Gasteiger partial charge in [-0.15, -0.1) is 24.0 Å². The summed E-state index contributed by atoms with van der Waals surface area (Å²) in [5, 5.41) is 3.27. The van der Waals surface area contributed by atoms with Gasteiger partial charge in [-0.1, -0.05) is 51.0 Å². The van der Waals surface area contributed by atoms with Crippen LogP contribution in [0.4, 0.5) is 0 Å². The Morgan fingerprint density at radius 3 is 2.57 bits per heavy atom. The Hall–Kier alpha value is -0.820. The van der Waals surface area contributed by atoms with Gasteiger partial charge in [0.1, 0.15) is 0 Å². The highest BCUT2D eigenvalue weighted by atomic mass is 127. The molecule has 1 aromatic carbocycles. The molecular formula is C18H32IN3O. The molecular weight excluding hydrogens is 401 g/mol. The number of rotatable bonds is 9. The number of nitrogens with one attached hydrogen (secondary N) is 1. The third-order valence-electron chi connectivity index (χ3n) is 3.55. The monoisotopic (exact) mass is 433 g/mol. The number of benzene rings is 1. The van der Waals surface area contributed by atoms with Gasteiger partial charge >= 0.3 is 0 Å². The van der Waals surface area contributed by atoms with Gasteiger partial charge in [-0.05, 0) is 30.4 Å². The van der Waals surface area contributed by atoms with Crippen LogP contribution in [-0.2, 0) is 17.9 Å². The lowest BCUT2D eigenvalue weighted by Crippen LogP contribution is -2.38. The normalized spacial score (nSPS) is 12.8. The molecule has 0 heterocycles. The van der Waals surface area contributed by atoms with Crippen molar-refractivity contribution in [1.29, 1.82) is 0 Å². The first-order valence-corrected chi connectivity index (χ1v) is 8.14. The number of nitrogens with zero attached hydrogens (tertiary/aromatic N) is 1. The first kappa shape index (κ1) is 22.2. The van der Waals surface area contributed by atoms with Crippen LogP contribution in [0.25, 0.3) is 0 Å². The van der Waals surface area contributed by atoms with Crippen LogP contribution in [0.1, 0.15) is 51.2 Å². The lowest BCUT2D eigenvalue weighted by Gasteiger charge is -2.15. The third-order valence-corrected chi connectivity index (χ3v) is 3.55. The molecule has 0 aliphatic rings. The summed E-state index contributed by atoms with van der Waals surface area (Å²) in [7, 11) is 1.70. The van der Waals surface area contributed by atoms with Crippen molar-refractivity contribution in [3.63, 3.8) is 0 Å². The van der Waals surface area contributed by atoms with E-state index in [1.807, 2.05) is 6.07 Å². The quantitative estimate of drug-likeness (QED) is 0.351. The van der Waals surface area contributed by atoms with Gasteiger partial charge < -0.3 is 15.8 Å². The lowest BCUT2D eigenvalue weighted by atomic mass is 10.0. The van der Waals surface area contributed by atoms with Gasteiger partial charge in [-0.2, -0.15) is 0 Å². The maximum Gasteiger partial charge on any atom is 0.189 e. The molecule has 0 amide bonds. The molecule has 0 fully saturated rings. The van der Waals surface area contributed by atoms with Gasteiger partial charge in [-0.3, -0.25) is 0 Å². The second kappa shape index (κ2) is 12.6. The number of hydrogen-bond donors (Lipinski definition) is 2. The molecule has 0 saturated heterocycles. The van der Waals surface area contributed by atoms with Crippen LogP contribution in [0.3, 0.4) is 0 Å². The SMILES string of the molecule is COCc1cccc(CN=C(N)NC(C)CCCC(C)C)c1.I. The van der Waals surface area contributed by atoms with Crippen LogP contribution in [0.5, 0.6) is 0 Å². The Labute approximate surface area is 158 Å². The zero-order chi connectivity index (χ0) is 16.4. The van der Waals surface area contributed by atoms with Crippen LogP contribution in [0, 0.1) is 5.92 Å². The van der Waals surface area contributed by atoms with Gasteiger partial charge in [-0.25, -0.2) is 4.99 Å². The summed E-state index contributed by atoms with van der Waals surface area (Å²) in [4.78, 5) is 4.42. The van der Waals surface area contributed by atoms with Gasteiger partial charge in [0.15, 0.2) is 5.96 Å². The standard InChI is InChI=1S/C18H31N3O.HI/c1-14(2)7-5-8-15(3)21-18(19)20-12-16-9-6-10-17(11-16)13-22-4;/h6,9-11,14-15H,5,7-8,12-13H2,1-4H3,(H3,19,20,21);1H. The Bertz CT molecular complexity index is 463. The molecule has 0 saturated carbocycles. The summed E-state index contributed by atoms with van der Waals surface area (Å²) in [6.07, 6.45) is 3.60. The molecule has 0 aromatic heterocycles. The molecule has 1 unspecified atom stereocenters. The summed E-state index contributed by atoms with van der Waals surface area (Å²) in [5.74, 6) is 1.28. The van der Waals surface area contributed by atoms with Gasteiger partial charge in [0.05, 0.1) is 13.2 Å². The Morgan fingerprint density at radius 1 is 1.22 bits per heavy atom. The first-order chi connectivity index (χ1) is 10.5. The average Bonchev–Trinajstić information content (AvgIpc) is 2.45. The van der Waals surface area contributed by atoms with E-state index < -0.39 is 0 Å². The average molecular weight is 433 g/mol. The number of aliphatic imine (C=N–C) groups is 1. The van der Waals surface area contributed by atoms with Crippen LogP contribution >= 0.6 is 24.0 Å². The van der Waals surface area contributed by atoms with Crippen molar-refractivity contribution in [2.75, 3.05) is 7.11 Å². The zero-order valence-corrected chi connectivity index (χ0v) is 17.2. The number of guanidine groups is 1. The van der Waals surface area contributed by atoms with E-state index >= 15 is 0 Å². The Kier molecular flexibility index (Phi) is 12.1. The van der Waals surface area contributed by atoms with Crippen LogP contribution in [0.2, 0.25) is 0 Å². The molecule has 5 heteroatoms. The van der Waals surface area contributed by atoms with Crippen molar-refractivity contribution >= 4 is 29.9 Å². The van der Waals surface area contributed by atoms with E-state index in [2.05, 4.69) is 49.3 Å². The van der Waals surface area contributed by atoms with E-state index in [0.29, 0.717) is 25.2 Å². The largest absolute Gasteiger partial charge is 0.380 e. The molecule has 3 N–H and O–H groups in total. The van der Waals surface area contributed by atoms with Crippen LogP contribution in [-0.4, -0.2) is 19.1 Å². The van der Waals surface area contributed by atoms with Crippen molar-refractivity contribution in [2.24, 2.45) is 16.6 Å². The second-order valence-corrected chi connectivity index (χ2v) is 6.32. The smallest absolute Gasteiger partial charge is 0.189 e. The number of methoxy groups -OCH3 is 1. The number of nitrogens with two attached hydrogens (primary N) is 1. The fourth-order valence-corrected chi connectivity index (χ4v) is 2.36. The molecule has 1 aromatic rings.